The van der Waals surface area contributed by atoms with Crippen LogP contribution in [0, 0.1) is 23.4 Å². The van der Waals surface area contributed by atoms with Crippen molar-refractivity contribution in [3.05, 3.63) is 29.6 Å². The lowest BCUT2D eigenvalue weighted by atomic mass is 10.1. The maximum absolute atomic E-state index is 13.8. The van der Waals surface area contributed by atoms with E-state index < -0.39 is 17.5 Å². The van der Waals surface area contributed by atoms with Crippen molar-refractivity contribution in [2.24, 2.45) is 5.92 Å². The number of anilines is 1. The first-order valence-electron chi connectivity index (χ1n) is 6.60. The quantitative estimate of drug-likeness (QED) is 0.845. The normalized spacial score (nSPS) is 25.0. The molecular weight excluding hydrogens is 253 g/mol. The number of benzene rings is 1. The predicted octanol–water partition coefficient (Wildman–Crippen LogP) is 2.93. The van der Waals surface area contributed by atoms with E-state index in [4.69, 9.17) is 0 Å². The van der Waals surface area contributed by atoms with Gasteiger partial charge in [0.15, 0.2) is 11.6 Å². The molecular formula is C14H19F3N2. The van der Waals surface area contributed by atoms with Gasteiger partial charge in [-0.3, -0.25) is 0 Å². The van der Waals surface area contributed by atoms with E-state index in [-0.39, 0.29) is 11.6 Å². The van der Waals surface area contributed by atoms with Gasteiger partial charge in [-0.15, -0.1) is 0 Å². The zero-order chi connectivity index (χ0) is 14.0. The summed E-state index contributed by atoms with van der Waals surface area (Å²) in [7, 11) is 0. The highest BCUT2D eigenvalue weighted by molar-refractivity contribution is 5.49. The predicted molar refractivity (Wildman–Crippen MR) is 69.8 cm³/mol. The number of rotatable bonds is 1. The highest BCUT2D eigenvalue weighted by Crippen LogP contribution is 2.26. The molecule has 0 bridgehead atoms. The second-order valence-corrected chi connectivity index (χ2v) is 5.37. The minimum absolute atomic E-state index is 0.109. The van der Waals surface area contributed by atoms with Crippen LogP contribution in [0.3, 0.4) is 0 Å². The minimum atomic E-state index is -0.881. The Morgan fingerprint density at radius 3 is 2.42 bits per heavy atom. The van der Waals surface area contributed by atoms with Crippen molar-refractivity contribution in [3.8, 4) is 0 Å². The summed E-state index contributed by atoms with van der Waals surface area (Å²) in [5, 5.41) is 3.37. The maximum Gasteiger partial charge on any atom is 0.152 e. The summed E-state index contributed by atoms with van der Waals surface area (Å²) < 4.78 is 40.6. The molecule has 2 atom stereocenters. The van der Waals surface area contributed by atoms with Crippen molar-refractivity contribution < 1.29 is 13.2 Å². The summed E-state index contributed by atoms with van der Waals surface area (Å²) in [4.78, 5) is 1.69. The fourth-order valence-corrected chi connectivity index (χ4v) is 2.43. The van der Waals surface area contributed by atoms with E-state index in [1.165, 1.54) is 0 Å². The van der Waals surface area contributed by atoms with E-state index in [1.807, 2.05) is 13.8 Å². The molecule has 2 nitrogen and oxygen atoms in total. The highest BCUT2D eigenvalue weighted by Gasteiger charge is 2.22. The van der Waals surface area contributed by atoms with E-state index in [0.717, 1.165) is 25.1 Å². The maximum atomic E-state index is 13.8. The smallest absolute Gasteiger partial charge is 0.152 e. The van der Waals surface area contributed by atoms with Crippen LogP contribution in [0.5, 0.6) is 0 Å². The molecule has 0 saturated carbocycles. The second-order valence-electron chi connectivity index (χ2n) is 5.37. The van der Waals surface area contributed by atoms with Crippen LogP contribution >= 0.6 is 0 Å². The second kappa shape index (κ2) is 5.82. The molecule has 0 aromatic heterocycles. The first-order valence-corrected chi connectivity index (χ1v) is 6.60. The summed E-state index contributed by atoms with van der Waals surface area (Å²) in [5.74, 6) is -2.27. The molecule has 0 aliphatic carbocycles. The highest BCUT2D eigenvalue weighted by atomic mass is 19.1. The molecule has 19 heavy (non-hydrogen) atoms. The van der Waals surface area contributed by atoms with Crippen molar-refractivity contribution >= 4 is 5.69 Å². The first kappa shape index (κ1) is 14.2. The van der Waals surface area contributed by atoms with Gasteiger partial charge in [0.1, 0.15) is 11.5 Å². The molecule has 1 fully saturated rings. The molecule has 0 spiro atoms. The summed E-state index contributed by atoms with van der Waals surface area (Å²) >= 11 is 0. The molecule has 0 amide bonds. The third-order valence-corrected chi connectivity index (χ3v) is 3.48. The van der Waals surface area contributed by atoms with Crippen molar-refractivity contribution in [3.63, 3.8) is 0 Å². The average Bonchev–Trinajstić information content (AvgIpc) is 2.30. The van der Waals surface area contributed by atoms with Gasteiger partial charge in [0.05, 0.1) is 0 Å². The van der Waals surface area contributed by atoms with Crippen molar-refractivity contribution in [2.45, 2.75) is 26.3 Å². The summed E-state index contributed by atoms with van der Waals surface area (Å²) in [6.45, 7) is 5.99. The number of hydrogen-bond donors (Lipinski definition) is 1. The van der Waals surface area contributed by atoms with Crippen LogP contribution < -0.4 is 10.2 Å². The van der Waals surface area contributed by atoms with Gasteiger partial charge in [0.2, 0.25) is 0 Å². The van der Waals surface area contributed by atoms with Gasteiger partial charge in [-0.25, -0.2) is 13.2 Å². The van der Waals surface area contributed by atoms with Crippen LogP contribution in [0.4, 0.5) is 18.9 Å². The van der Waals surface area contributed by atoms with Gasteiger partial charge in [-0.2, -0.15) is 0 Å². The molecule has 1 aliphatic heterocycles. The standard InChI is InChI=1S/C14H19F3N2/c1-9-7-18-10(2)3-4-19(8-9)14-12(16)5-11(15)6-13(14)17/h5-6,9-10,18H,3-4,7-8H2,1-2H3. The third-order valence-electron chi connectivity index (χ3n) is 3.48. The Balaban J connectivity index is 2.28. The molecule has 1 aliphatic rings. The van der Waals surface area contributed by atoms with Crippen LogP contribution in [0.25, 0.3) is 0 Å². The van der Waals surface area contributed by atoms with E-state index >= 15 is 0 Å². The van der Waals surface area contributed by atoms with Gasteiger partial charge in [-0.1, -0.05) is 6.92 Å². The van der Waals surface area contributed by atoms with Gasteiger partial charge in [0.25, 0.3) is 0 Å². The van der Waals surface area contributed by atoms with Gasteiger partial charge < -0.3 is 10.2 Å². The third kappa shape index (κ3) is 3.41. The Labute approximate surface area is 111 Å². The summed E-state index contributed by atoms with van der Waals surface area (Å²) in [5.41, 5.74) is -0.109. The zero-order valence-electron chi connectivity index (χ0n) is 11.2. The molecule has 0 radical (unpaired) electrons. The van der Waals surface area contributed by atoms with E-state index in [9.17, 15) is 13.2 Å². The topological polar surface area (TPSA) is 15.3 Å². The monoisotopic (exact) mass is 272 g/mol. The van der Waals surface area contributed by atoms with E-state index in [0.29, 0.717) is 19.1 Å². The molecule has 1 aromatic rings. The van der Waals surface area contributed by atoms with Gasteiger partial charge in [-0.05, 0) is 25.8 Å². The summed E-state index contributed by atoms with van der Waals surface area (Å²) in [6.07, 6.45) is 0.795. The Hall–Kier alpha value is -1.23. The minimum Gasteiger partial charge on any atom is -0.366 e. The van der Waals surface area contributed by atoms with Gasteiger partial charge in [0, 0.05) is 31.3 Å². The number of halogens is 3. The lowest BCUT2D eigenvalue weighted by Gasteiger charge is -2.33. The average molecular weight is 272 g/mol. The van der Waals surface area contributed by atoms with Gasteiger partial charge >= 0.3 is 0 Å². The lowest BCUT2D eigenvalue weighted by Crippen LogP contribution is -2.43. The Bertz CT molecular complexity index is 427. The van der Waals surface area contributed by atoms with Crippen molar-refractivity contribution in [2.75, 3.05) is 24.5 Å². The lowest BCUT2D eigenvalue weighted by molar-refractivity contribution is 0.405. The van der Waals surface area contributed by atoms with Crippen LogP contribution in [-0.2, 0) is 0 Å². The van der Waals surface area contributed by atoms with Crippen molar-refractivity contribution in [1.82, 2.24) is 5.32 Å². The van der Waals surface area contributed by atoms with Crippen LogP contribution in [0.15, 0.2) is 12.1 Å². The Morgan fingerprint density at radius 2 is 1.79 bits per heavy atom. The van der Waals surface area contributed by atoms with Crippen LogP contribution in [0.2, 0.25) is 0 Å². The molecule has 2 unspecified atom stereocenters. The fraction of sp³-hybridized carbons (Fsp3) is 0.571. The number of hydrogen-bond acceptors (Lipinski definition) is 2. The largest absolute Gasteiger partial charge is 0.366 e. The molecule has 1 aromatic carbocycles. The molecule has 106 valence electrons. The zero-order valence-corrected chi connectivity index (χ0v) is 11.2. The molecule has 1 N–H and O–H groups in total. The summed E-state index contributed by atoms with van der Waals surface area (Å²) in [6, 6.07) is 1.78. The molecule has 1 saturated heterocycles. The number of nitrogens with zero attached hydrogens (tertiary/aromatic N) is 1. The molecule has 1 heterocycles. The van der Waals surface area contributed by atoms with E-state index in [1.54, 1.807) is 4.90 Å². The van der Waals surface area contributed by atoms with Crippen LogP contribution in [0.1, 0.15) is 20.3 Å². The molecule has 2 rings (SSSR count). The first-order chi connectivity index (χ1) is 8.97. The van der Waals surface area contributed by atoms with Crippen LogP contribution in [-0.4, -0.2) is 25.7 Å². The molecule has 5 heteroatoms. The van der Waals surface area contributed by atoms with E-state index in [2.05, 4.69) is 5.32 Å². The SMILES string of the molecule is CC1CNC(C)CCN(c2c(F)cc(F)cc2F)C1. The Morgan fingerprint density at radius 1 is 1.16 bits per heavy atom. The Kier molecular flexibility index (Phi) is 4.34. The fourth-order valence-electron chi connectivity index (χ4n) is 2.43. The van der Waals surface area contributed by atoms with Crippen molar-refractivity contribution in [1.29, 1.82) is 0 Å². The number of nitrogens with one attached hydrogen (secondary N) is 1.